The summed E-state index contributed by atoms with van der Waals surface area (Å²) >= 11 is 0. The summed E-state index contributed by atoms with van der Waals surface area (Å²) in [4.78, 5) is 22.2. The molecule has 3 atom stereocenters. The number of rotatable bonds is 4. The normalized spacial score (nSPS) is 31.3. The van der Waals surface area contributed by atoms with Crippen LogP contribution in [-0.4, -0.2) is 16.9 Å². The van der Waals surface area contributed by atoms with Crippen LogP contribution in [0.1, 0.15) is 33.1 Å². The Morgan fingerprint density at radius 2 is 2.27 bits per heavy atom. The van der Waals surface area contributed by atoms with Crippen LogP contribution < -0.4 is 0 Å². The predicted octanol–water partition coefficient (Wildman–Crippen LogP) is 2.27. The fourth-order valence-corrected chi connectivity index (χ4v) is 2.38. The Hall–Kier alpha value is -1.12. The average molecular weight is 210 g/mol. The van der Waals surface area contributed by atoms with Crippen molar-refractivity contribution in [3.63, 3.8) is 0 Å². The molecule has 1 rings (SSSR count). The smallest absolute Gasteiger partial charge is 0.303 e. The highest BCUT2D eigenvalue weighted by molar-refractivity contribution is 5.84. The minimum absolute atomic E-state index is 0.0190. The number of carbonyl (C=O) groups excluding carboxylic acids is 1. The number of allylic oxidation sites excluding steroid dienone is 2. The van der Waals surface area contributed by atoms with Crippen molar-refractivity contribution >= 4 is 11.8 Å². The maximum absolute atomic E-state index is 11.5. The molecule has 3 unspecified atom stereocenters. The summed E-state index contributed by atoms with van der Waals surface area (Å²) in [5.74, 6) is -0.320. The lowest BCUT2D eigenvalue weighted by molar-refractivity contribution is -0.138. The van der Waals surface area contributed by atoms with Gasteiger partial charge >= 0.3 is 5.97 Å². The van der Waals surface area contributed by atoms with E-state index in [1.165, 1.54) is 0 Å². The molecule has 3 nitrogen and oxygen atoms in total. The first-order valence-corrected chi connectivity index (χ1v) is 5.42. The van der Waals surface area contributed by atoms with E-state index in [4.69, 9.17) is 5.11 Å². The van der Waals surface area contributed by atoms with Crippen molar-refractivity contribution in [2.24, 2.45) is 17.8 Å². The van der Waals surface area contributed by atoms with E-state index in [0.717, 1.165) is 6.42 Å². The molecule has 0 aromatic rings. The van der Waals surface area contributed by atoms with Gasteiger partial charge in [0.05, 0.1) is 0 Å². The second-order valence-electron chi connectivity index (χ2n) is 4.29. The Morgan fingerprint density at radius 1 is 1.60 bits per heavy atom. The van der Waals surface area contributed by atoms with Gasteiger partial charge in [-0.15, -0.1) is 0 Å². The maximum Gasteiger partial charge on any atom is 0.303 e. The van der Waals surface area contributed by atoms with E-state index in [2.05, 4.69) is 0 Å². The summed E-state index contributed by atoms with van der Waals surface area (Å²) in [6, 6.07) is 0. The second-order valence-corrected chi connectivity index (χ2v) is 4.29. The minimum Gasteiger partial charge on any atom is -0.481 e. The first kappa shape index (κ1) is 12.0. The van der Waals surface area contributed by atoms with Crippen LogP contribution >= 0.6 is 0 Å². The third kappa shape index (κ3) is 2.91. The highest BCUT2D eigenvalue weighted by Crippen LogP contribution is 2.38. The summed E-state index contributed by atoms with van der Waals surface area (Å²) in [5, 5.41) is 8.76. The van der Waals surface area contributed by atoms with Gasteiger partial charge in [0.15, 0.2) is 0 Å². The van der Waals surface area contributed by atoms with Gasteiger partial charge in [-0.05, 0) is 25.2 Å². The zero-order valence-corrected chi connectivity index (χ0v) is 9.27. The minimum atomic E-state index is -0.799. The second kappa shape index (κ2) is 5.10. The number of carboxylic acids is 1. The summed E-state index contributed by atoms with van der Waals surface area (Å²) in [5.41, 5.74) is 0. The van der Waals surface area contributed by atoms with Crippen LogP contribution in [0.3, 0.4) is 0 Å². The van der Waals surface area contributed by atoms with Gasteiger partial charge < -0.3 is 5.11 Å². The lowest BCUT2D eigenvalue weighted by Gasteiger charge is -2.18. The van der Waals surface area contributed by atoms with Crippen molar-refractivity contribution in [1.29, 1.82) is 0 Å². The number of carbonyl (C=O) groups is 2. The van der Waals surface area contributed by atoms with Gasteiger partial charge in [0, 0.05) is 18.8 Å². The Bertz CT molecular complexity index is 279. The molecule has 0 aromatic heterocycles. The molecular formula is C12H18O3. The molecule has 84 valence electrons. The van der Waals surface area contributed by atoms with Crippen molar-refractivity contribution in [2.45, 2.75) is 33.1 Å². The molecule has 0 heterocycles. The van der Waals surface area contributed by atoms with E-state index in [-0.39, 0.29) is 30.0 Å². The SMILES string of the molecule is CC=CCC1C(CC(=O)O)CC(=O)C1C. The van der Waals surface area contributed by atoms with Gasteiger partial charge in [-0.3, -0.25) is 9.59 Å². The molecule has 1 aliphatic carbocycles. The molecule has 0 aliphatic heterocycles. The first-order chi connectivity index (χ1) is 7.06. The average Bonchev–Trinajstić information content (AvgIpc) is 2.40. The number of hydrogen-bond acceptors (Lipinski definition) is 2. The molecule has 3 heteroatoms. The Labute approximate surface area is 90.2 Å². The number of aliphatic carboxylic acids is 1. The van der Waals surface area contributed by atoms with E-state index < -0.39 is 5.97 Å². The standard InChI is InChI=1S/C12H18O3/c1-3-4-5-10-8(2)11(13)6-9(10)7-12(14)15/h3-4,8-10H,5-7H2,1-2H3,(H,14,15). The number of hydrogen-bond donors (Lipinski definition) is 1. The highest BCUT2D eigenvalue weighted by Gasteiger charge is 2.39. The molecular weight excluding hydrogens is 192 g/mol. The zero-order valence-electron chi connectivity index (χ0n) is 9.27. The summed E-state index contributed by atoms with van der Waals surface area (Å²) in [6.45, 7) is 3.85. The van der Waals surface area contributed by atoms with Crippen molar-refractivity contribution in [1.82, 2.24) is 0 Å². The Morgan fingerprint density at radius 3 is 2.80 bits per heavy atom. The van der Waals surface area contributed by atoms with E-state index in [9.17, 15) is 9.59 Å². The van der Waals surface area contributed by atoms with Crippen molar-refractivity contribution in [3.8, 4) is 0 Å². The fraction of sp³-hybridized carbons (Fsp3) is 0.667. The topological polar surface area (TPSA) is 54.4 Å². The van der Waals surface area contributed by atoms with Crippen LogP contribution in [0.5, 0.6) is 0 Å². The van der Waals surface area contributed by atoms with E-state index in [0.29, 0.717) is 6.42 Å². The number of carboxylic acid groups (broad SMARTS) is 1. The van der Waals surface area contributed by atoms with Gasteiger partial charge in [-0.1, -0.05) is 19.1 Å². The van der Waals surface area contributed by atoms with E-state index >= 15 is 0 Å². The molecule has 1 fully saturated rings. The monoisotopic (exact) mass is 210 g/mol. The van der Waals surface area contributed by atoms with Gasteiger partial charge in [0.1, 0.15) is 5.78 Å². The Kier molecular flexibility index (Phi) is 4.06. The predicted molar refractivity (Wildman–Crippen MR) is 57.5 cm³/mol. The Balaban J connectivity index is 2.67. The van der Waals surface area contributed by atoms with Gasteiger partial charge in [0.25, 0.3) is 0 Å². The molecule has 0 aromatic carbocycles. The van der Waals surface area contributed by atoms with E-state index in [1.807, 2.05) is 26.0 Å². The van der Waals surface area contributed by atoms with Gasteiger partial charge in [-0.2, -0.15) is 0 Å². The van der Waals surface area contributed by atoms with Crippen LogP contribution in [0.2, 0.25) is 0 Å². The van der Waals surface area contributed by atoms with Gasteiger partial charge in [0.2, 0.25) is 0 Å². The van der Waals surface area contributed by atoms with Crippen molar-refractivity contribution in [3.05, 3.63) is 12.2 Å². The lowest BCUT2D eigenvalue weighted by Crippen LogP contribution is -2.16. The van der Waals surface area contributed by atoms with Crippen LogP contribution in [0.15, 0.2) is 12.2 Å². The fourth-order valence-electron chi connectivity index (χ4n) is 2.38. The summed E-state index contributed by atoms with van der Waals surface area (Å²) < 4.78 is 0. The number of ketones is 1. The first-order valence-electron chi connectivity index (χ1n) is 5.42. The van der Waals surface area contributed by atoms with Crippen molar-refractivity contribution < 1.29 is 14.7 Å². The molecule has 0 amide bonds. The molecule has 0 bridgehead atoms. The van der Waals surface area contributed by atoms with E-state index in [1.54, 1.807) is 0 Å². The molecule has 1 aliphatic rings. The molecule has 1 N–H and O–H groups in total. The summed E-state index contributed by atoms with van der Waals surface area (Å²) in [6.07, 6.45) is 5.36. The third-order valence-corrected chi connectivity index (χ3v) is 3.30. The third-order valence-electron chi connectivity index (χ3n) is 3.30. The zero-order chi connectivity index (χ0) is 11.4. The van der Waals surface area contributed by atoms with Crippen LogP contribution in [0.4, 0.5) is 0 Å². The molecule has 0 radical (unpaired) electrons. The molecule has 15 heavy (non-hydrogen) atoms. The van der Waals surface area contributed by atoms with Crippen LogP contribution in [-0.2, 0) is 9.59 Å². The van der Waals surface area contributed by atoms with Crippen molar-refractivity contribution in [2.75, 3.05) is 0 Å². The molecule has 0 saturated heterocycles. The summed E-state index contributed by atoms with van der Waals surface area (Å²) in [7, 11) is 0. The van der Waals surface area contributed by atoms with Gasteiger partial charge in [-0.25, -0.2) is 0 Å². The quantitative estimate of drug-likeness (QED) is 0.724. The maximum atomic E-state index is 11.5. The highest BCUT2D eigenvalue weighted by atomic mass is 16.4. The van der Waals surface area contributed by atoms with Crippen LogP contribution in [0.25, 0.3) is 0 Å². The molecule has 1 saturated carbocycles. The largest absolute Gasteiger partial charge is 0.481 e. The lowest BCUT2D eigenvalue weighted by atomic mass is 9.85. The number of Topliss-reactive ketones (excluding diaryl/α,β-unsaturated/α-hetero) is 1. The molecule has 0 spiro atoms. The van der Waals surface area contributed by atoms with Crippen LogP contribution in [0, 0.1) is 17.8 Å².